The molecule has 112 valence electrons. The molecule has 1 rings (SSSR count). The highest BCUT2D eigenvalue weighted by atomic mass is 16.1. The summed E-state index contributed by atoms with van der Waals surface area (Å²) in [5, 5.41) is 3.35. The summed E-state index contributed by atoms with van der Waals surface area (Å²) in [7, 11) is 0. The van der Waals surface area contributed by atoms with Gasteiger partial charge in [0.05, 0.1) is 6.04 Å². The Hall–Kier alpha value is -0.610. The Bertz CT molecular complexity index is 262. The number of nitrogens with one attached hydrogen (secondary N) is 1. The van der Waals surface area contributed by atoms with Crippen LogP contribution in [0.2, 0.25) is 0 Å². The number of carbonyl (C=O) groups excluding carboxylic acids is 1. The molecule has 0 aromatic heterocycles. The number of nitrogens with zero attached hydrogens (tertiary/aromatic N) is 1. The highest BCUT2D eigenvalue weighted by Crippen LogP contribution is 2.20. The van der Waals surface area contributed by atoms with Crippen molar-refractivity contribution in [3.63, 3.8) is 0 Å². The molecule has 3 N–H and O–H groups in total. The maximum absolute atomic E-state index is 11.4. The van der Waals surface area contributed by atoms with E-state index in [1.807, 2.05) is 0 Å². The molecular formula is C15H31N3O. The van der Waals surface area contributed by atoms with Gasteiger partial charge in [-0.1, -0.05) is 33.6 Å². The molecule has 1 amide bonds. The summed E-state index contributed by atoms with van der Waals surface area (Å²) in [6.07, 6.45) is 5.67. The number of amides is 1. The SMILES string of the molecule is CCC(CC)CN(CC)CCC(NC1CC1)C(N)=O. The van der Waals surface area contributed by atoms with Gasteiger partial charge in [-0.15, -0.1) is 0 Å². The van der Waals surface area contributed by atoms with E-state index in [1.54, 1.807) is 0 Å². The van der Waals surface area contributed by atoms with Crippen molar-refractivity contribution in [2.75, 3.05) is 19.6 Å². The maximum Gasteiger partial charge on any atom is 0.234 e. The van der Waals surface area contributed by atoms with Crippen LogP contribution < -0.4 is 11.1 Å². The van der Waals surface area contributed by atoms with Crippen molar-refractivity contribution in [1.29, 1.82) is 0 Å². The van der Waals surface area contributed by atoms with Gasteiger partial charge in [-0.05, 0) is 31.7 Å². The Balaban J connectivity index is 2.34. The van der Waals surface area contributed by atoms with E-state index in [0.29, 0.717) is 6.04 Å². The second-order valence-corrected chi connectivity index (χ2v) is 5.76. The van der Waals surface area contributed by atoms with E-state index >= 15 is 0 Å². The van der Waals surface area contributed by atoms with Crippen molar-refractivity contribution in [2.45, 2.75) is 65.0 Å². The summed E-state index contributed by atoms with van der Waals surface area (Å²) < 4.78 is 0. The van der Waals surface area contributed by atoms with Crippen LogP contribution in [0.15, 0.2) is 0 Å². The second kappa shape index (κ2) is 8.54. The third-order valence-corrected chi connectivity index (χ3v) is 4.21. The normalized spacial score (nSPS) is 17.1. The Kier molecular flexibility index (Phi) is 7.39. The van der Waals surface area contributed by atoms with E-state index in [2.05, 4.69) is 31.0 Å². The van der Waals surface area contributed by atoms with Crippen LogP contribution in [0.4, 0.5) is 0 Å². The summed E-state index contributed by atoms with van der Waals surface area (Å²) in [4.78, 5) is 13.9. The zero-order valence-electron chi connectivity index (χ0n) is 12.8. The molecule has 19 heavy (non-hydrogen) atoms. The molecule has 4 nitrogen and oxygen atoms in total. The van der Waals surface area contributed by atoms with Gasteiger partial charge in [0.15, 0.2) is 0 Å². The average Bonchev–Trinajstić information content (AvgIpc) is 3.21. The predicted octanol–water partition coefficient (Wildman–Crippen LogP) is 1.74. The third-order valence-electron chi connectivity index (χ3n) is 4.21. The van der Waals surface area contributed by atoms with E-state index < -0.39 is 0 Å². The van der Waals surface area contributed by atoms with Gasteiger partial charge in [0, 0.05) is 19.1 Å². The zero-order chi connectivity index (χ0) is 14.3. The fourth-order valence-electron chi connectivity index (χ4n) is 2.44. The molecule has 1 fully saturated rings. The molecule has 0 spiro atoms. The molecule has 4 heteroatoms. The summed E-state index contributed by atoms with van der Waals surface area (Å²) in [5.41, 5.74) is 5.47. The first-order valence-electron chi connectivity index (χ1n) is 7.88. The minimum atomic E-state index is -0.203. The monoisotopic (exact) mass is 269 g/mol. The molecule has 1 aliphatic carbocycles. The lowest BCUT2D eigenvalue weighted by Crippen LogP contribution is -2.45. The van der Waals surface area contributed by atoms with Crippen molar-refractivity contribution in [3.05, 3.63) is 0 Å². The van der Waals surface area contributed by atoms with Crippen LogP contribution in [-0.2, 0) is 4.79 Å². The number of hydrogen-bond donors (Lipinski definition) is 2. The van der Waals surface area contributed by atoms with E-state index in [-0.39, 0.29) is 11.9 Å². The van der Waals surface area contributed by atoms with Crippen LogP contribution in [0.5, 0.6) is 0 Å². The number of hydrogen-bond acceptors (Lipinski definition) is 3. The van der Waals surface area contributed by atoms with Gasteiger partial charge in [0.2, 0.25) is 5.91 Å². The number of nitrogens with two attached hydrogens (primary N) is 1. The van der Waals surface area contributed by atoms with E-state index in [4.69, 9.17) is 5.73 Å². The Morgan fingerprint density at radius 2 is 1.95 bits per heavy atom. The minimum absolute atomic E-state index is 0.150. The summed E-state index contributed by atoms with van der Waals surface area (Å²) in [6.45, 7) is 9.84. The molecule has 1 atom stereocenters. The smallest absolute Gasteiger partial charge is 0.234 e. The second-order valence-electron chi connectivity index (χ2n) is 5.76. The lowest BCUT2D eigenvalue weighted by molar-refractivity contribution is -0.120. The highest BCUT2D eigenvalue weighted by molar-refractivity contribution is 5.79. The molecule has 0 aromatic rings. The van der Waals surface area contributed by atoms with Gasteiger partial charge in [-0.2, -0.15) is 0 Å². The first-order valence-corrected chi connectivity index (χ1v) is 7.88. The number of rotatable bonds is 11. The molecule has 1 aliphatic rings. The fraction of sp³-hybridized carbons (Fsp3) is 0.933. The van der Waals surface area contributed by atoms with E-state index in [0.717, 1.165) is 32.0 Å². The lowest BCUT2D eigenvalue weighted by atomic mass is 10.0. The van der Waals surface area contributed by atoms with E-state index in [1.165, 1.54) is 25.7 Å². The highest BCUT2D eigenvalue weighted by Gasteiger charge is 2.27. The lowest BCUT2D eigenvalue weighted by Gasteiger charge is -2.26. The quantitative estimate of drug-likeness (QED) is 0.601. The van der Waals surface area contributed by atoms with Crippen molar-refractivity contribution in [3.8, 4) is 0 Å². The minimum Gasteiger partial charge on any atom is -0.368 e. The zero-order valence-corrected chi connectivity index (χ0v) is 12.8. The van der Waals surface area contributed by atoms with Crippen LogP contribution in [0.25, 0.3) is 0 Å². The molecule has 0 aromatic carbocycles. The summed E-state index contributed by atoms with van der Waals surface area (Å²) in [6, 6.07) is 0.384. The van der Waals surface area contributed by atoms with Gasteiger partial charge < -0.3 is 16.0 Å². The van der Waals surface area contributed by atoms with Crippen molar-refractivity contribution in [2.24, 2.45) is 11.7 Å². The van der Waals surface area contributed by atoms with Crippen LogP contribution in [-0.4, -0.2) is 42.5 Å². The summed E-state index contributed by atoms with van der Waals surface area (Å²) >= 11 is 0. The number of primary amides is 1. The van der Waals surface area contributed by atoms with Crippen LogP contribution in [0.1, 0.15) is 52.9 Å². The molecule has 1 unspecified atom stereocenters. The fourth-order valence-corrected chi connectivity index (χ4v) is 2.44. The molecule has 0 aliphatic heterocycles. The van der Waals surface area contributed by atoms with Gasteiger partial charge in [0.1, 0.15) is 0 Å². The predicted molar refractivity (Wildman–Crippen MR) is 79.9 cm³/mol. The molecule has 0 heterocycles. The van der Waals surface area contributed by atoms with Gasteiger partial charge in [0.25, 0.3) is 0 Å². The molecular weight excluding hydrogens is 238 g/mol. The maximum atomic E-state index is 11.4. The van der Waals surface area contributed by atoms with Crippen molar-refractivity contribution >= 4 is 5.91 Å². The molecule has 0 bridgehead atoms. The van der Waals surface area contributed by atoms with Gasteiger partial charge >= 0.3 is 0 Å². The Labute approximate surface area is 118 Å². The number of carbonyl (C=O) groups is 1. The Morgan fingerprint density at radius 1 is 1.32 bits per heavy atom. The van der Waals surface area contributed by atoms with Gasteiger partial charge in [-0.3, -0.25) is 4.79 Å². The van der Waals surface area contributed by atoms with Crippen molar-refractivity contribution in [1.82, 2.24) is 10.2 Å². The molecule has 1 saturated carbocycles. The third kappa shape index (κ3) is 6.39. The average molecular weight is 269 g/mol. The van der Waals surface area contributed by atoms with Crippen LogP contribution in [0.3, 0.4) is 0 Å². The van der Waals surface area contributed by atoms with Gasteiger partial charge in [-0.25, -0.2) is 0 Å². The topological polar surface area (TPSA) is 58.4 Å². The first kappa shape index (κ1) is 16.4. The van der Waals surface area contributed by atoms with E-state index in [9.17, 15) is 4.79 Å². The summed E-state index contributed by atoms with van der Waals surface area (Å²) in [5.74, 6) is 0.564. The molecule has 0 radical (unpaired) electrons. The van der Waals surface area contributed by atoms with Crippen LogP contribution in [0, 0.1) is 5.92 Å². The first-order chi connectivity index (χ1) is 9.10. The standard InChI is InChI=1S/C15H31N3O/c1-4-12(5-2)11-18(6-3)10-9-14(15(16)19)17-13-7-8-13/h12-14,17H,4-11H2,1-3H3,(H2,16,19). The molecule has 0 saturated heterocycles. The largest absolute Gasteiger partial charge is 0.368 e. The van der Waals surface area contributed by atoms with Crippen LogP contribution >= 0.6 is 0 Å². The van der Waals surface area contributed by atoms with Crippen molar-refractivity contribution < 1.29 is 4.79 Å². The Morgan fingerprint density at radius 3 is 2.37 bits per heavy atom.